The highest BCUT2D eigenvalue weighted by Gasteiger charge is 2.44. The molecule has 1 aliphatic carbocycles. The maximum Gasteiger partial charge on any atom is 0.0694 e. The van der Waals surface area contributed by atoms with Crippen molar-refractivity contribution in [2.45, 2.75) is 51.6 Å². The third-order valence-electron chi connectivity index (χ3n) is 3.64. The molecule has 12 heavy (non-hydrogen) atoms. The SMILES string of the molecule is CCC1(CC)C[CH]CCC1(N)N. The largest absolute Gasteiger partial charge is 0.313 e. The van der Waals surface area contributed by atoms with Crippen molar-refractivity contribution in [2.75, 3.05) is 0 Å². The van der Waals surface area contributed by atoms with E-state index in [1.165, 1.54) is 0 Å². The van der Waals surface area contributed by atoms with E-state index in [-0.39, 0.29) is 5.41 Å². The molecule has 1 saturated carbocycles. The highest BCUT2D eigenvalue weighted by atomic mass is 15.0. The lowest BCUT2D eigenvalue weighted by Gasteiger charge is -2.49. The van der Waals surface area contributed by atoms with Gasteiger partial charge in [0.15, 0.2) is 0 Å². The third-order valence-corrected chi connectivity index (χ3v) is 3.64. The second-order valence-corrected chi connectivity index (χ2v) is 4.06. The smallest absolute Gasteiger partial charge is 0.0694 e. The fourth-order valence-electron chi connectivity index (χ4n) is 2.37. The Morgan fingerprint density at radius 3 is 2.17 bits per heavy atom. The zero-order chi connectivity index (χ0) is 9.24. The quantitative estimate of drug-likeness (QED) is 0.619. The summed E-state index contributed by atoms with van der Waals surface area (Å²) >= 11 is 0. The first kappa shape index (κ1) is 10.0. The van der Waals surface area contributed by atoms with E-state index in [1.54, 1.807) is 0 Å². The minimum atomic E-state index is -0.439. The Balaban J connectivity index is 2.81. The van der Waals surface area contributed by atoms with Gasteiger partial charge in [0.2, 0.25) is 0 Å². The second kappa shape index (κ2) is 3.35. The normalized spacial score (nSPS) is 27.0. The predicted octanol–water partition coefficient (Wildman–Crippen LogP) is 1.79. The predicted molar refractivity (Wildman–Crippen MR) is 52.3 cm³/mol. The van der Waals surface area contributed by atoms with Gasteiger partial charge in [0, 0.05) is 5.41 Å². The van der Waals surface area contributed by atoms with Gasteiger partial charge in [-0.15, -0.1) is 0 Å². The van der Waals surface area contributed by atoms with Crippen LogP contribution in [-0.4, -0.2) is 5.66 Å². The Bertz CT molecular complexity index is 148. The van der Waals surface area contributed by atoms with Crippen LogP contribution in [0, 0.1) is 11.8 Å². The molecule has 4 N–H and O–H groups in total. The summed E-state index contributed by atoms with van der Waals surface area (Å²) in [6.07, 6.45) is 7.63. The minimum Gasteiger partial charge on any atom is -0.313 e. The number of hydrogen-bond donors (Lipinski definition) is 2. The van der Waals surface area contributed by atoms with Crippen LogP contribution in [0.1, 0.15) is 46.0 Å². The topological polar surface area (TPSA) is 52.0 Å². The monoisotopic (exact) mass is 169 g/mol. The second-order valence-electron chi connectivity index (χ2n) is 4.06. The zero-order valence-electron chi connectivity index (χ0n) is 8.27. The first-order valence-corrected chi connectivity index (χ1v) is 4.97. The van der Waals surface area contributed by atoms with Crippen molar-refractivity contribution in [2.24, 2.45) is 16.9 Å². The molecule has 1 rings (SSSR count). The van der Waals surface area contributed by atoms with Gasteiger partial charge in [-0.05, 0) is 38.5 Å². The average molecular weight is 169 g/mol. The van der Waals surface area contributed by atoms with Crippen molar-refractivity contribution in [3.8, 4) is 0 Å². The van der Waals surface area contributed by atoms with Crippen LogP contribution >= 0.6 is 0 Å². The van der Waals surface area contributed by atoms with Crippen LogP contribution in [0.3, 0.4) is 0 Å². The van der Waals surface area contributed by atoms with E-state index in [0.29, 0.717) is 0 Å². The van der Waals surface area contributed by atoms with E-state index in [4.69, 9.17) is 11.5 Å². The van der Waals surface area contributed by atoms with Gasteiger partial charge in [0.1, 0.15) is 0 Å². The molecule has 0 aromatic rings. The molecule has 0 aliphatic heterocycles. The maximum atomic E-state index is 6.14. The molecule has 0 amide bonds. The Hall–Kier alpha value is -0.0800. The van der Waals surface area contributed by atoms with Crippen LogP contribution in [0.5, 0.6) is 0 Å². The fraction of sp³-hybridized carbons (Fsp3) is 0.900. The molecule has 0 aromatic heterocycles. The summed E-state index contributed by atoms with van der Waals surface area (Å²) < 4.78 is 0. The minimum absolute atomic E-state index is 0.158. The molecule has 1 radical (unpaired) electrons. The summed E-state index contributed by atoms with van der Waals surface area (Å²) in [7, 11) is 0. The van der Waals surface area contributed by atoms with Crippen molar-refractivity contribution in [1.82, 2.24) is 0 Å². The lowest BCUT2D eigenvalue weighted by molar-refractivity contribution is 0.0772. The van der Waals surface area contributed by atoms with Gasteiger partial charge in [-0.2, -0.15) is 0 Å². The van der Waals surface area contributed by atoms with Crippen molar-refractivity contribution in [3.63, 3.8) is 0 Å². The summed E-state index contributed by atoms with van der Waals surface area (Å²) in [4.78, 5) is 0. The molecule has 71 valence electrons. The molecule has 0 aromatic carbocycles. The van der Waals surface area contributed by atoms with Crippen LogP contribution in [0.2, 0.25) is 0 Å². The Kier molecular flexibility index (Phi) is 2.79. The molecule has 0 heterocycles. The van der Waals surface area contributed by atoms with E-state index >= 15 is 0 Å². The molecule has 0 saturated heterocycles. The van der Waals surface area contributed by atoms with E-state index in [9.17, 15) is 0 Å². The van der Waals surface area contributed by atoms with E-state index in [2.05, 4.69) is 20.3 Å². The van der Waals surface area contributed by atoms with Gasteiger partial charge in [-0.25, -0.2) is 0 Å². The van der Waals surface area contributed by atoms with Gasteiger partial charge < -0.3 is 11.5 Å². The highest BCUT2D eigenvalue weighted by Crippen LogP contribution is 2.44. The first-order valence-electron chi connectivity index (χ1n) is 4.97. The Morgan fingerprint density at radius 2 is 1.83 bits per heavy atom. The fourth-order valence-corrected chi connectivity index (χ4v) is 2.37. The number of hydrogen-bond acceptors (Lipinski definition) is 2. The van der Waals surface area contributed by atoms with Crippen LogP contribution in [0.15, 0.2) is 0 Å². The van der Waals surface area contributed by atoms with Gasteiger partial charge in [-0.3, -0.25) is 0 Å². The molecular formula is C10H21N2. The van der Waals surface area contributed by atoms with Gasteiger partial charge in [0.25, 0.3) is 0 Å². The van der Waals surface area contributed by atoms with Crippen LogP contribution in [0.25, 0.3) is 0 Å². The van der Waals surface area contributed by atoms with Crippen molar-refractivity contribution in [3.05, 3.63) is 6.42 Å². The molecule has 2 nitrogen and oxygen atoms in total. The van der Waals surface area contributed by atoms with Crippen molar-refractivity contribution in [1.29, 1.82) is 0 Å². The van der Waals surface area contributed by atoms with Crippen LogP contribution in [-0.2, 0) is 0 Å². The highest BCUT2D eigenvalue weighted by molar-refractivity contribution is 5.04. The zero-order valence-corrected chi connectivity index (χ0v) is 8.27. The molecule has 0 atom stereocenters. The van der Waals surface area contributed by atoms with E-state index in [1.807, 2.05) is 0 Å². The van der Waals surface area contributed by atoms with Crippen LogP contribution < -0.4 is 11.5 Å². The lowest BCUT2D eigenvalue weighted by atomic mass is 9.63. The third kappa shape index (κ3) is 1.38. The van der Waals surface area contributed by atoms with Crippen LogP contribution in [0.4, 0.5) is 0 Å². The number of nitrogens with two attached hydrogens (primary N) is 2. The van der Waals surface area contributed by atoms with E-state index in [0.717, 1.165) is 32.1 Å². The molecule has 1 fully saturated rings. The number of rotatable bonds is 2. The molecule has 0 spiro atoms. The van der Waals surface area contributed by atoms with Gasteiger partial charge in [-0.1, -0.05) is 13.8 Å². The summed E-state index contributed by atoms with van der Waals surface area (Å²) in [5.41, 5.74) is 12.0. The first-order chi connectivity index (χ1) is 5.58. The molecule has 0 bridgehead atoms. The maximum absolute atomic E-state index is 6.14. The van der Waals surface area contributed by atoms with Gasteiger partial charge in [0.05, 0.1) is 5.66 Å². The summed E-state index contributed by atoms with van der Waals surface area (Å²) in [6.45, 7) is 4.38. The molecule has 2 heteroatoms. The average Bonchev–Trinajstić information content (AvgIpc) is 2.05. The van der Waals surface area contributed by atoms with Crippen molar-refractivity contribution < 1.29 is 0 Å². The summed E-state index contributed by atoms with van der Waals surface area (Å²) in [5.74, 6) is 0. The van der Waals surface area contributed by atoms with E-state index < -0.39 is 5.66 Å². The Labute approximate surface area is 75.7 Å². The molecule has 1 aliphatic rings. The molecular weight excluding hydrogens is 148 g/mol. The van der Waals surface area contributed by atoms with Crippen molar-refractivity contribution >= 4 is 0 Å². The Morgan fingerprint density at radius 1 is 1.25 bits per heavy atom. The lowest BCUT2D eigenvalue weighted by Crippen LogP contribution is -2.63. The summed E-state index contributed by atoms with van der Waals surface area (Å²) in [5, 5.41) is 0. The molecule has 0 unspecified atom stereocenters. The van der Waals surface area contributed by atoms with Gasteiger partial charge >= 0.3 is 0 Å². The standard InChI is InChI=1S/C10H21N2/c1-3-9(4-2)7-5-6-8-10(9,11)12/h5H,3-4,6-8,11-12H2,1-2H3. The summed E-state index contributed by atoms with van der Waals surface area (Å²) in [6, 6.07) is 0.